The van der Waals surface area contributed by atoms with Crippen LogP contribution >= 0.6 is 0 Å². The molecule has 160 valence electrons. The van der Waals surface area contributed by atoms with E-state index in [9.17, 15) is 13.6 Å². The molecule has 1 N–H and O–H groups in total. The first-order chi connectivity index (χ1) is 14.3. The normalized spacial score (nSPS) is 11.5. The molecule has 2 aromatic carbocycles. The van der Waals surface area contributed by atoms with Gasteiger partial charge in [-0.3, -0.25) is 9.48 Å². The summed E-state index contributed by atoms with van der Waals surface area (Å²) < 4.78 is 34.9. The number of ether oxygens (including phenoxy) is 1. The lowest BCUT2D eigenvalue weighted by molar-refractivity contribution is 0.0951. The fourth-order valence-electron chi connectivity index (χ4n) is 3.01. The highest BCUT2D eigenvalue weighted by Crippen LogP contribution is 2.32. The van der Waals surface area contributed by atoms with Crippen molar-refractivity contribution in [2.24, 2.45) is 5.92 Å². The van der Waals surface area contributed by atoms with Gasteiger partial charge in [-0.15, -0.1) is 5.10 Å². The van der Waals surface area contributed by atoms with Crippen molar-refractivity contribution in [1.82, 2.24) is 20.0 Å². The summed E-state index contributed by atoms with van der Waals surface area (Å²) in [5, 5.41) is 7.95. The van der Waals surface area contributed by atoms with Gasteiger partial charge >= 0.3 is 0 Å². The lowest BCUT2D eigenvalue weighted by Gasteiger charge is -2.11. The van der Waals surface area contributed by atoms with Crippen molar-refractivity contribution in [3.63, 3.8) is 0 Å². The molecule has 0 aliphatic carbocycles. The molecule has 1 amide bonds. The van der Waals surface area contributed by atoms with Crippen LogP contribution in [0.4, 0.5) is 8.78 Å². The molecule has 3 rings (SSSR count). The molecule has 0 aliphatic rings. The molecule has 8 heteroatoms. The number of fused-ring (bicyclic) bond motifs is 1. The number of rotatable bonds is 8. The quantitative estimate of drug-likeness (QED) is 0.602. The Balaban J connectivity index is 1.95. The summed E-state index contributed by atoms with van der Waals surface area (Å²) in [4.78, 5) is 14.5. The molecule has 0 saturated heterocycles. The Bertz CT molecular complexity index is 1050. The van der Waals surface area contributed by atoms with Crippen molar-refractivity contribution in [1.29, 1.82) is 0 Å². The lowest BCUT2D eigenvalue weighted by atomic mass is 10.1. The van der Waals surface area contributed by atoms with E-state index in [0.29, 0.717) is 29.6 Å². The number of benzene rings is 2. The Hall–Kier alpha value is -3.00. The first-order valence-electron chi connectivity index (χ1n) is 9.81. The first-order valence-corrected chi connectivity index (χ1v) is 9.81. The average Bonchev–Trinajstić information content (AvgIpc) is 3.01. The summed E-state index contributed by atoms with van der Waals surface area (Å²) in [5.41, 5.74) is 1.19. The molecule has 0 saturated carbocycles. The van der Waals surface area contributed by atoms with E-state index in [0.717, 1.165) is 12.6 Å². The highest BCUT2D eigenvalue weighted by molar-refractivity contribution is 5.98. The molecule has 1 aromatic heterocycles. The van der Waals surface area contributed by atoms with E-state index in [4.69, 9.17) is 4.74 Å². The van der Waals surface area contributed by atoms with Gasteiger partial charge < -0.3 is 15.0 Å². The number of hydrogen-bond donors (Lipinski definition) is 1. The number of halogens is 2. The van der Waals surface area contributed by atoms with E-state index in [1.165, 1.54) is 12.1 Å². The van der Waals surface area contributed by atoms with Gasteiger partial charge in [-0.25, -0.2) is 4.39 Å². The maximum Gasteiger partial charge on any atom is 0.251 e. The van der Waals surface area contributed by atoms with E-state index in [1.807, 2.05) is 32.8 Å². The zero-order valence-electron chi connectivity index (χ0n) is 17.6. The van der Waals surface area contributed by atoms with E-state index < -0.39 is 11.6 Å². The van der Waals surface area contributed by atoms with Crippen LogP contribution in [-0.2, 0) is 6.54 Å². The Morgan fingerprint density at radius 2 is 2.00 bits per heavy atom. The molecule has 0 spiro atoms. The molecule has 0 unspecified atom stereocenters. The Kier molecular flexibility index (Phi) is 6.66. The number of amides is 1. The maximum absolute atomic E-state index is 14.1. The van der Waals surface area contributed by atoms with Crippen LogP contribution in [0.5, 0.6) is 11.6 Å². The van der Waals surface area contributed by atoms with Gasteiger partial charge in [0, 0.05) is 25.2 Å². The van der Waals surface area contributed by atoms with E-state index >= 15 is 0 Å². The zero-order valence-corrected chi connectivity index (χ0v) is 17.6. The molecule has 30 heavy (non-hydrogen) atoms. The minimum absolute atomic E-state index is 0.162. The standard InChI is InChI=1S/C22H26F2N4O2/c1-14(2)13-28-18-12-15(21(29)25-10-11-27(3)4)8-9-16(18)22(26-28)30-19-7-5-6-17(23)20(19)24/h5-9,12,14H,10-11,13H2,1-4H3,(H,25,29). The van der Waals surface area contributed by atoms with E-state index in [-0.39, 0.29) is 23.5 Å². The SMILES string of the molecule is CC(C)Cn1nc(Oc2cccc(F)c2F)c2ccc(C(=O)NCCN(C)C)cc21. The molecule has 0 atom stereocenters. The molecule has 6 nitrogen and oxygen atoms in total. The third kappa shape index (κ3) is 4.94. The molecular formula is C22H26F2N4O2. The monoisotopic (exact) mass is 416 g/mol. The molecule has 3 aromatic rings. The van der Waals surface area contributed by atoms with Crippen LogP contribution in [0.2, 0.25) is 0 Å². The van der Waals surface area contributed by atoms with Crippen molar-refractivity contribution in [3.05, 3.63) is 53.6 Å². The third-order valence-electron chi connectivity index (χ3n) is 4.49. The van der Waals surface area contributed by atoms with Crippen LogP contribution in [0.15, 0.2) is 36.4 Å². The Morgan fingerprint density at radius 3 is 2.70 bits per heavy atom. The van der Waals surface area contributed by atoms with Crippen molar-refractivity contribution >= 4 is 16.8 Å². The van der Waals surface area contributed by atoms with Crippen molar-refractivity contribution < 1.29 is 18.3 Å². The summed E-state index contributed by atoms with van der Waals surface area (Å²) in [5.74, 6) is -2.04. The highest BCUT2D eigenvalue weighted by atomic mass is 19.2. The van der Waals surface area contributed by atoms with Gasteiger partial charge in [-0.05, 0) is 50.3 Å². The molecule has 0 radical (unpaired) electrons. The lowest BCUT2D eigenvalue weighted by Crippen LogP contribution is -2.31. The molecule has 0 aliphatic heterocycles. The van der Waals surface area contributed by atoms with Gasteiger partial charge in [0.1, 0.15) is 0 Å². The second kappa shape index (κ2) is 9.21. The maximum atomic E-state index is 14.1. The topological polar surface area (TPSA) is 59.4 Å². The number of carbonyl (C=O) groups excluding carboxylic acids is 1. The Labute approximate surface area is 174 Å². The number of nitrogens with zero attached hydrogens (tertiary/aromatic N) is 3. The van der Waals surface area contributed by atoms with Gasteiger partial charge in [-0.1, -0.05) is 19.9 Å². The minimum atomic E-state index is -1.07. The summed E-state index contributed by atoms with van der Waals surface area (Å²) in [6.45, 7) is 5.92. The van der Waals surface area contributed by atoms with Crippen LogP contribution in [0.1, 0.15) is 24.2 Å². The second-order valence-electron chi connectivity index (χ2n) is 7.83. The molecule has 0 fully saturated rings. The van der Waals surface area contributed by atoms with Crippen LogP contribution in [0.3, 0.4) is 0 Å². The van der Waals surface area contributed by atoms with Gasteiger partial charge in [0.25, 0.3) is 5.91 Å². The van der Waals surface area contributed by atoms with Crippen LogP contribution in [0.25, 0.3) is 10.9 Å². The number of nitrogens with one attached hydrogen (secondary N) is 1. The summed E-state index contributed by atoms with van der Waals surface area (Å²) in [7, 11) is 3.87. The predicted molar refractivity (Wildman–Crippen MR) is 112 cm³/mol. The molecule has 0 bridgehead atoms. The first kappa shape index (κ1) is 21.7. The predicted octanol–water partition coefficient (Wildman–Crippen LogP) is 4.05. The molecule has 1 heterocycles. The van der Waals surface area contributed by atoms with E-state index in [1.54, 1.807) is 22.9 Å². The fourth-order valence-corrected chi connectivity index (χ4v) is 3.01. The fraction of sp³-hybridized carbons (Fsp3) is 0.364. The minimum Gasteiger partial charge on any atom is -0.434 e. The van der Waals surface area contributed by atoms with Gasteiger partial charge in [-0.2, -0.15) is 4.39 Å². The molecular weight excluding hydrogens is 390 g/mol. The highest BCUT2D eigenvalue weighted by Gasteiger charge is 2.18. The summed E-state index contributed by atoms with van der Waals surface area (Å²) >= 11 is 0. The van der Waals surface area contributed by atoms with Crippen LogP contribution in [-0.4, -0.2) is 47.8 Å². The van der Waals surface area contributed by atoms with Gasteiger partial charge in [0.2, 0.25) is 11.7 Å². The van der Waals surface area contributed by atoms with Crippen molar-refractivity contribution in [2.45, 2.75) is 20.4 Å². The van der Waals surface area contributed by atoms with Crippen molar-refractivity contribution in [2.75, 3.05) is 27.2 Å². The van der Waals surface area contributed by atoms with Crippen LogP contribution < -0.4 is 10.1 Å². The Morgan fingerprint density at radius 1 is 1.23 bits per heavy atom. The van der Waals surface area contributed by atoms with Crippen LogP contribution in [0, 0.1) is 17.6 Å². The van der Waals surface area contributed by atoms with Crippen molar-refractivity contribution in [3.8, 4) is 11.6 Å². The summed E-state index contributed by atoms with van der Waals surface area (Å²) in [6.07, 6.45) is 0. The number of likely N-dealkylation sites (N-methyl/N-ethyl adjacent to an activating group) is 1. The van der Waals surface area contributed by atoms with Gasteiger partial charge in [0.15, 0.2) is 11.6 Å². The smallest absolute Gasteiger partial charge is 0.251 e. The average molecular weight is 416 g/mol. The number of carbonyl (C=O) groups is 1. The number of aromatic nitrogens is 2. The largest absolute Gasteiger partial charge is 0.434 e. The van der Waals surface area contributed by atoms with Gasteiger partial charge in [0.05, 0.1) is 10.9 Å². The third-order valence-corrected chi connectivity index (χ3v) is 4.49. The second-order valence-corrected chi connectivity index (χ2v) is 7.83. The zero-order chi connectivity index (χ0) is 21.8. The van der Waals surface area contributed by atoms with E-state index in [2.05, 4.69) is 10.4 Å². The summed E-state index contributed by atoms with van der Waals surface area (Å²) in [6, 6.07) is 8.87. The number of hydrogen-bond acceptors (Lipinski definition) is 4.